The molecule has 1 aromatic rings. The lowest BCUT2D eigenvalue weighted by Crippen LogP contribution is -2.48. The number of nitrogens with zero attached hydrogens (tertiary/aromatic N) is 2. The van der Waals surface area contributed by atoms with Crippen molar-refractivity contribution in [1.82, 2.24) is 9.21 Å². The van der Waals surface area contributed by atoms with Crippen molar-refractivity contribution in [2.24, 2.45) is 5.92 Å². The van der Waals surface area contributed by atoms with E-state index in [1.807, 2.05) is 0 Å². The third-order valence-electron chi connectivity index (χ3n) is 5.29. The number of halogens is 1. The van der Waals surface area contributed by atoms with E-state index >= 15 is 0 Å². The van der Waals surface area contributed by atoms with Gasteiger partial charge in [0.05, 0.1) is 22.3 Å². The third kappa shape index (κ3) is 4.33. The van der Waals surface area contributed by atoms with E-state index in [1.54, 1.807) is 7.05 Å². The van der Waals surface area contributed by atoms with Gasteiger partial charge in [0.15, 0.2) is 9.84 Å². The van der Waals surface area contributed by atoms with E-state index in [4.69, 9.17) is 0 Å². The molecule has 0 aromatic heterocycles. The summed E-state index contributed by atoms with van der Waals surface area (Å²) in [6.07, 6.45) is 1.50. The number of rotatable bonds is 4. The Bertz CT molecular complexity index is 915. The van der Waals surface area contributed by atoms with Gasteiger partial charge in [-0.05, 0) is 43.5 Å². The average molecular weight is 419 g/mol. The van der Waals surface area contributed by atoms with E-state index in [0.29, 0.717) is 25.8 Å². The molecular weight excluding hydrogens is 395 g/mol. The summed E-state index contributed by atoms with van der Waals surface area (Å²) in [5, 5.41) is 0. The van der Waals surface area contributed by atoms with Crippen molar-refractivity contribution in [1.29, 1.82) is 0 Å². The summed E-state index contributed by atoms with van der Waals surface area (Å²) in [6, 6.07) is 4.25. The minimum absolute atomic E-state index is 0.00719. The molecule has 0 saturated carbocycles. The Morgan fingerprint density at radius 1 is 1.22 bits per heavy atom. The van der Waals surface area contributed by atoms with Gasteiger partial charge in [-0.25, -0.2) is 21.2 Å². The van der Waals surface area contributed by atoms with Gasteiger partial charge < -0.3 is 4.90 Å². The first kappa shape index (κ1) is 20.2. The summed E-state index contributed by atoms with van der Waals surface area (Å²) in [6.45, 7) is 0.341. The second-order valence-corrected chi connectivity index (χ2v) is 11.3. The van der Waals surface area contributed by atoms with Crippen LogP contribution in [0, 0.1) is 11.7 Å². The lowest BCUT2D eigenvalue weighted by Gasteiger charge is -2.34. The van der Waals surface area contributed by atoms with Crippen LogP contribution in [0.3, 0.4) is 0 Å². The highest BCUT2D eigenvalue weighted by atomic mass is 32.2. The van der Waals surface area contributed by atoms with Gasteiger partial charge >= 0.3 is 0 Å². The quantitative estimate of drug-likeness (QED) is 0.724. The predicted molar refractivity (Wildman–Crippen MR) is 97.7 cm³/mol. The van der Waals surface area contributed by atoms with E-state index in [-0.39, 0.29) is 34.9 Å². The largest absolute Gasteiger partial charge is 0.341 e. The summed E-state index contributed by atoms with van der Waals surface area (Å²) in [7, 11) is -5.33. The SMILES string of the molecule is CN(C(=O)[C@H]1CCCN(S(=O)(=O)c2ccc(F)cc2)C1)[C@@H]1CCS(=O)(=O)C1. The molecule has 0 radical (unpaired) electrons. The highest BCUT2D eigenvalue weighted by Gasteiger charge is 2.38. The average Bonchev–Trinajstić information content (AvgIpc) is 3.01. The Kier molecular flexibility index (Phi) is 5.60. The molecule has 0 unspecified atom stereocenters. The molecule has 0 spiro atoms. The van der Waals surface area contributed by atoms with Gasteiger partial charge in [0.1, 0.15) is 5.82 Å². The Hall–Kier alpha value is -1.52. The number of hydrogen-bond acceptors (Lipinski definition) is 5. The summed E-state index contributed by atoms with van der Waals surface area (Å²) < 4.78 is 63.2. The number of sulfone groups is 1. The molecule has 1 amide bonds. The molecule has 1 aromatic carbocycles. The minimum Gasteiger partial charge on any atom is -0.341 e. The monoisotopic (exact) mass is 418 g/mol. The molecule has 7 nitrogen and oxygen atoms in total. The van der Waals surface area contributed by atoms with Gasteiger partial charge in [0.2, 0.25) is 15.9 Å². The van der Waals surface area contributed by atoms with Crippen LogP contribution in [-0.2, 0) is 24.7 Å². The minimum atomic E-state index is -3.81. The lowest BCUT2D eigenvalue weighted by molar-refractivity contribution is -0.137. The number of hydrogen-bond donors (Lipinski definition) is 0. The predicted octanol–water partition coefficient (Wildman–Crippen LogP) is 0.872. The first-order chi connectivity index (χ1) is 12.6. The third-order valence-corrected chi connectivity index (χ3v) is 8.92. The van der Waals surface area contributed by atoms with Gasteiger partial charge in [-0.2, -0.15) is 4.31 Å². The highest BCUT2D eigenvalue weighted by molar-refractivity contribution is 7.91. The van der Waals surface area contributed by atoms with Crippen LogP contribution in [0.1, 0.15) is 19.3 Å². The summed E-state index contributed by atoms with van der Waals surface area (Å²) in [4.78, 5) is 14.3. The zero-order valence-corrected chi connectivity index (χ0v) is 16.7. The molecule has 3 rings (SSSR count). The maximum atomic E-state index is 13.1. The molecule has 2 atom stereocenters. The number of sulfonamides is 1. The molecule has 10 heteroatoms. The maximum absolute atomic E-state index is 13.1. The van der Waals surface area contributed by atoms with Gasteiger partial charge in [-0.1, -0.05) is 0 Å². The Morgan fingerprint density at radius 3 is 2.48 bits per heavy atom. The molecule has 150 valence electrons. The van der Waals surface area contributed by atoms with Crippen LogP contribution in [0.2, 0.25) is 0 Å². The standard InChI is InChI=1S/C17H23FN2O5S2/c1-19(15-8-10-26(22,23)12-15)17(21)13-3-2-9-20(11-13)27(24,25)16-6-4-14(18)5-7-16/h4-7,13,15H,2-3,8-12H2,1H3/t13-,15+/m0/s1. The molecular formula is C17H23FN2O5S2. The van der Waals surface area contributed by atoms with E-state index in [9.17, 15) is 26.0 Å². The molecule has 27 heavy (non-hydrogen) atoms. The number of carbonyl (C=O) groups excluding carboxylic acids is 1. The molecule has 0 aliphatic carbocycles. The summed E-state index contributed by atoms with van der Waals surface area (Å²) in [5.41, 5.74) is 0. The zero-order chi connectivity index (χ0) is 19.8. The molecule has 2 saturated heterocycles. The number of carbonyl (C=O) groups is 1. The summed E-state index contributed by atoms with van der Waals surface area (Å²) >= 11 is 0. The van der Waals surface area contributed by atoms with Crippen molar-refractivity contribution in [3.8, 4) is 0 Å². The first-order valence-corrected chi connectivity index (χ1v) is 12.1. The van der Waals surface area contributed by atoms with Gasteiger partial charge in [0, 0.05) is 26.2 Å². The molecule has 0 bridgehead atoms. The normalized spacial score (nSPS) is 26.0. The Morgan fingerprint density at radius 2 is 1.89 bits per heavy atom. The van der Waals surface area contributed by atoms with E-state index in [0.717, 1.165) is 12.1 Å². The highest BCUT2D eigenvalue weighted by Crippen LogP contribution is 2.26. The first-order valence-electron chi connectivity index (χ1n) is 8.83. The molecule has 0 N–H and O–H groups in total. The van der Waals surface area contributed by atoms with Crippen LogP contribution in [0.5, 0.6) is 0 Å². The fourth-order valence-corrected chi connectivity index (χ4v) is 6.96. The van der Waals surface area contributed by atoms with Crippen LogP contribution < -0.4 is 0 Å². The molecule has 2 heterocycles. The van der Waals surface area contributed by atoms with Crippen molar-refractivity contribution in [3.63, 3.8) is 0 Å². The fraction of sp³-hybridized carbons (Fsp3) is 0.588. The van der Waals surface area contributed by atoms with Crippen LogP contribution >= 0.6 is 0 Å². The number of benzene rings is 1. The fourth-order valence-electron chi connectivity index (χ4n) is 3.67. The van der Waals surface area contributed by atoms with E-state index in [2.05, 4.69) is 0 Å². The van der Waals surface area contributed by atoms with Crippen molar-refractivity contribution in [2.45, 2.75) is 30.2 Å². The van der Waals surface area contributed by atoms with E-state index in [1.165, 1.54) is 21.3 Å². The van der Waals surface area contributed by atoms with Gasteiger partial charge in [0.25, 0.3) is 0 Å². The molecule has 2 aliphatic rings. The topological polar surface area (TPSA) is 91.8 Å². The van der Waals surface area contributed by atoms with Crippen LogP contribution in [-0.4, -0.2) is 69.6 Å². The number of piperidine rings is 1. The van der Waals surface area contributed by atoms with Crippen LogP contribution in [0.15, 0.2) is 29.2 Å². The smallest absolute Gasteiger partial charge is 0.243 e. The van der Waals surface area contributed by atoms with Gasteiger partial charge in [-0.15, -0.1) is 0 Å². The second kappa shape index (κ2) is 7.48. The second-order valence-electron chi connectivity index (χ2n) is 7.16. The van der Waals surface area contributed by atoms with Crippen molar-refractivity contribution in [3.05, 3.63) is 30.1 Å². The summed E-state index contributed by atoms with van der Waals surface area (Å²) in [5.74, 6) is -1.22. The van der Waals surface area contributed by atoms with Crippen molar-refractivity contribution in [2.75, 3.05) is 31.6 Å². The van der Waals surface area contributed by atoms with E-state index < -0.39 is 31.6 Å². The van der Waals surface area contributed by atoms with Crippen molar-refractivity contribution >= 4 is 25.8 Å². The maximum Gasteiger partial charge on any atom is 0.243 e. The molecule has 2 aliphatic heterocycles. The Balaban J connectivity index is 1.72. The number of amides is 1. The zero-order valence-electron chi connectivity index (χ0n) is 15.0. The van der Waals surface area contributed by atoms with Crippen molar-refractivity contribution < 1.29 is 26.0 Å². The van der Waals surface area contributed by atoms with Crippen LogP contribution in [0.25, 0.3) is 0 Å². The van der Waals surface area contributed by atoms with Gasteiger partial charge in [-0.3, -0.25) is 4.79 Å². The lowest BCUT2D eigenvalue weighted by atomic mass is 9.97. The van der Waals surface area contributed by atoms with Crippen LogP contribution in [0.4, 0.5) is 4.39 Å². The molecule has 2 fully saturated rings. The Labute approximate surface area is 159 Å².